The highest BCUT2D eigenvalue weighted by atomic mass is 32.2. The lowest BCUT2D eigenvalue weighted by Crippen LogP contribution is -2.28. The van der Waals surface area contributed by atoms with Gasteiger partial charge in [-0.1, -0.05) is 36.1 Å². The number of nitrogens with zero attached hydrogens (tertiary/aromatic N) is 1. The average molecular weight is 386 g/mol. The molecule has 0 unspecified atom stereocenters. The summed E-state index contributed by atoms with van der Waals surface area (Å²) in [7, 11) is 3.20. The van der Waals surface area contributed by atoms with Crippen LogP contribution >= 0.6 is 24.0 Å². The van der Waals surface area contributed by atoms with Gasteiger partial charge in [-0.15, -0.1) is 0 Å². The van der Waals surface area contributed by atoms with Crippen molar-refractivity contribution in [2.45, 2.75) is 13.8 Å². The molecule has 3 rings (SSSR count). The van der Waals surface area contributed by atoms with Gasteiger partial charge in [-0.05, 0) is 55.3 Å². The number of ether oxygens (including phenoxy) is 2. The molecular weight excluding hydrogens is 366 g/mol. The summed E-state index contributed by atoms with van der Waals surface area (Å²) in [6, 6.07) is 11.3. The zero-order valence-corrected chi connectivity index (χ0v) is 16.7. The lowest BCUT2D eigenvalue weighted by molar-refractivity contribution is -0.113. The number of hydrogen-bond acceptors (Lipinski definition) is 5. The largest absolute Gasteiger partial charge is 0.497 e. The number of carbonyl (C=O) groups is 1. The number of aryl methyl sites for hydroxylation is 1. The number of thiocarbonyl (C=S) groups is 1. The van der Waals surface area contributed by atoms with Gasteiger partial charge in [-0.3, -0.25) is 9.69 Å². The number of hydrogen-bond donors (Lipinski definition) is 0. The SMILES string of the molecule is COc1ccc(OC)c(/C=C2\SC(=S)N(c3cccc(C)c3C)C2=O)c1. The van der Waals surface area contributed by atoms with E-state index in [4.69, 9.17) is 21.7 Å². The van der Waals surface area contributed by atoms with Crippen LogP contribution in [0.2, 0.25) is 0 Å². The van der Waals surface area contributed by atoms with Crippen LogP contribution in [0.15, 0.2) is 41.3 Å². The highest BCUT2D eigenvalue weighted by molar-refractivity contribution is 8.27. The molecule has 0 atom stereocenters. The van der Waals surface area contributed by atoms with Crippen LogP contribution in [0.25, 0.3) is 6.08 Å². The molecule has 0 aromatic heterocycles. The van der Waals surface area contributed by atoms with Gasteiger partial charge in [0.25, 0.3) is 5.91 Å². The van der Waals surface area contributed by atoms with Gasteiger partial charge in [0.05, 0.1) is 24.8 Å². The Bertz CT molecular complexity index is 921. The van der Waals surface area contributed by atoms with Crippen LogP contribution in [-0.2, 0) is 4.79 Å². The third-order valence-corrected chi connectivity index (χ3v) is 5.64. The third-order valence-electron chi connectivity index (χ3n) is 4.33. The van der Waals surface area contributed by atoms with E-state index in [0.29, 0.717) is 20.7 Å². The summed E-state index contributed by atoms with van der Waals surface area (Å²) in [5.74, 6) is 1.24. The van der Waals surface area contributed by atoms with Gasteiger partial charge in [-0.2, -0.15) is 0 Å². The summed E-state index contributed by atoms with van der Waals surface area (Å²) in [6.45, 7) is 4.02. The van der Waals surface area contributed by atoms with Crippen LogP contribution in [0.3, 0.4) is 0 Å². The smallest absolute Gasteiger partial charge is 0.270 e. The Morgan fingerprint density at radius 2 is 1.88 bits per heavy atom. The molecule has 1 saturated heterocycles. The van der Waals surface area contributed by atoms with Gasteiger partial charge in [0, 0.05) is 5.56 Å². The standard InChI is InChI=1S/C20H19NO3S2/c1-12-6-5-7-16(13(12)2)21-19(22)18(26-20(21)25)11-14-10-15(23-3)8-9-17(14)24-4/h5-11H,1-4H3/b18-11-. The zero-order chi connectivity index (χ0) is 18.8. The molecule has 0 spiro atoms. The molecule has 134 valence electrons. The molecular formula is C20H19NO3S2. The second-order valence-electron chi connectivity index (χ2n) is 5.84. The summed E-state index contributed by atoms with van der Waals surface area (Å²) < 4.78 is 11.2. The van der Waals surface area contributed by atoms with Gasteiger partial charge in [0.15, 0.2) is 4.32 Å². The Morgan fingerprint density at radius 3 is 2.58 bits per heavy atom. The number of thioether (sulfide) groups is 1. The fraction of sp³-hybridized carbons (Fsp3) is 0.200. The summed E-state index contributed by atoms with van der Waals surface area (Å²) in [5, 5.41) is 0. The van der Waals surface area contributed by atoms with E-state index in [2.05, 4.69) is 0 Å². The molecule has 2 aromatic rings. The minimum absolute atomic E-state index is 0.126. The molecule has 1 fully saturated rings. The molecule has 0 aliphatic carbocycles. The highest BCUT2D eigenvalue weighted by Gasteiger charge is 2.34. The molecule has 1 aliphatic heterocycles. The van der Waals surface area contributed by atoms with Crippen molar-refractivity contribution >= 4 is 46.0 Å². The van der Waals surface area contributed by atoms with Crippen LogP contribution in [-0.4, -0.2) is 24.4 Å². The number of benzene rings is 2. The molecule has 0 radical (unpaired) electrons. The van der Waals surface area contributed by atoms with Crippen molar-refractivity contribution in [3.8, 4) is 11.5 Å². The molecule has 26 heavy (non-hydrogen) atoms. The van der Waals surface area contributed by atoms with E-state index in [1.807, 2.05) is 50.2 Å². The Hall–Kier alpha value is -2.31. The normalized spacial score (nSPS) is 15.7. The maximum absolute atomic E-state index is 13.0. The maximum Gasteiger partial charge on any atom is 0.270 e. The van der Waals surface area contributed by atoms with E-state index in [9.17, 15) is 4.79 Å². The van der Waals surface area contributed by atoms with Crippen molar-refractivity contribution in [3.63, 3.8) is 0 Å². The lowest BCUT2D eigenvalue weighted by Gasteiger charge is -2.18. The zero-order valence-electron chi connectivity index (χ0n) is 15.0. The van der Waals surface area contributed by atoms with Gasteiger partial charge >= 0.3 is 0 Å². The van der Waals surface area contributed by atoms with Crippen molar-refractivity contribution in [2.24, 2.45) is 0 Å². The van der Waals surface area contributed by atoms with E-state index in [1.54, 1.807) is 25.2 Å². The quantitative estimate of drug-likeness (QED) is 0.562. The van der Waals surface area contributed by atoms with Gasteiger partial charge < -0.3 is 9.47 Å². The Morgan fingerprint density at radius 1 is 1.12 bits per heavy atom. The molecule has 0 bridgehead atoms. The predicted molar refractivity (Wildman–Crippen MR) is 111 cm³/mol. The molecule has 1 amide bonds. The second-order valence-corrected chi connectivity index (χ2v) is 7.52. The Labute approximate surface area is 162 Å². The number of amides is 1. The van der Waals surface area contributed by atoms with E-state index >= 15 is 0 Å². The van der Waals surface area contributed by atoms with E-state index in [-0.39, 0.29) is 5.91 Å². The molecule has 4 nitrogen and oxygen atoms in total. The summed E-state index contributed by atoms with van der Waals surface area (Å²) in [5.41, 5.74) is 3.76. The fourth-order valence-electron chi connectivity index (χ4n) is 2.75. The first kappa shape index (κ1) is 18.5. The summed E-state index contributed by atoms with van der Waals surface area (Å²) in [4.78, 5) is 15.2. The minimum Gasteiger partial charge on any atom is -0.497 e. The van der Waals surface area contributed by atoms with E-state index in [0.717, 1.165) is 22.4 Å². The number of carbonyl (C=O) groups excluding carboxylic acids is 1. The minimum atomic E-state index is -0.126. The molecule has 0 saturated carbocycles. The van der Waals surface area contributed by atoms with Gasteiger partial charge in [0.1, 0.15) is 11.5 Å². The molecule has 1 aliphatic rings. The van der Waals surface area contributed by atoms with Crippen molar-refractivity contribution in [3.05, 3.63) is 58.0 Å². The number of rotatable bonds is 4. The van der Waals surface area contributed by atoms with Crippen molar-refractivity contribution < 1.29 is 14.3 Å². The molecule has 0 N–H and O–H groups in total. The summed E-state index contributed by atoms with van der Waals surface area (Å²) >= 11 is 6.77. The Kier molecular flexibility index (Phi) is 5.34. The van der Waals surface area contributed by atoms with Crippen molar-refractivity contribution in [1.29, 1.82) is 0 Å². The van der Waals surface area contributed by atoms with Crippen LogP contribution in [0.1, 0.15) is 16.7 Å². The fourth-order valence-corrected chi connectivity index (χ4v) is 4.02. The molecule has 6 heteroatoms. The third kappa shape index (κ3) is 3.34. The van der Waals surface area contributed by atoms with Crippen LogP contribution in [0.5, 0.6) is 11.5 Å². The monoisotopic (exact) mass is 385 g/mol. The number of methoxy groups -OCH3 is 2. The summed E-state index contributed by atoms with van der Waals surface area (Å²) in [6.07, 6.45) is 1.80. The van der Waals surface area contributed by atoms with Crippen molar-refractivity contribution in [1.82, 2.24) is 0 Å². The first-order valence-electron chi connectivity index (χ1n) is 8.02. The highest BCUT2D eigenvalue weighted by Crippen LogP contribution is 2.39. The Balaban J connectivity index is 2.02. The predicted octanol–water partition coefficient (Wildman–Crippen LogP) is 4.73. The average Bonchev–Trinajstić information content (AvgIpc) is 2.91. The molecule has 2 aromatic carbocycles. The van der Waals surface area contributed by atoms with Crippen LogP contribution in [0, 0.1) is 13.8 Å². The number of anilines is 1. The van der Waals surface area contributed by atoms with E-state index < -0.39 is 0 Å². The van der Waals surface area contributed by atoms with Crippen LogP contribution in [0.4, 0.5) is 5.69 Å². The van der Waals surface area contributed by atoms with Gasteiger partial charge in [0.2, 0.25) is 0 Å². The van der Waals surface area contributed by atoms with Gasteiger partial charge in [-0.25, -0.2) is 0 Å². The first-order valence-corrected chi connectivity index (χ1v) is 9.25. The van der Waals surface area contributed by atoms with E-state index in [1.165, 1.54) is 11.8 Å². The lowest BCUT2D eigenvalue weighted by atomic mass is 10.1. The topological polar surface area (TPSA) is 38.8 Å². The van der Waals surface area contributed by atoms with Crippen LogP contribution < -0.4 is 14.4 Å². The maximum atomic E-state index is 13.0. The second kappa shape index (κ2) is 7.51. The first-order chi connectivity index (χ1) is 12.5. The molecule has 1 heterocycles. The van der Waals surface area contributed by atoms with Crippen molar-refractivity contribution in [2.75, 3.05) is 19.1 Å².